The van der Waals surface area contributed by atoms with Gasteiger partial charge in [-0.1, -0.05) is 44.6 Å². The predicted octanol–water partition coefficient (Wildman–Crippen LogP) is 3.88. The topological polar surface area (TPSA) is 88.1 Å². The van der Waals surface area contributed by atoms with Crippen LogP contribution in [0.15, 0.2) is 0 Å². The van der Waals surface area contributed by atoms with E-state index in [0.717, 1.165) is 0 Å². The van der Waals surface area contributed by atoms with Gasteiger partial charge in [0.2, 0.25) is 0 Å². The van der Waals surface area contributed by atoms with E-state index in [4.69, 9.17) is 14.2 Å². The summed E-state index contributed by atoms with van der Waals surface area (Å²) in [6, 6.07) is 0. The first-order valence-electron chi connectivity index (χ1n) is 5.41. The largest absolute Gasteiger partial charge is 0.460 e. The van der Waals surface area contributed by atoms with Gasteiger partial charge in [0, 0.05) is 14.0 Å². The van der Waals surface area contributed by atoms with E-state index in [1.54, 1.807) is 0 Å². The van der Waals surface area contributed by atoms with Crippen molar-refractivity contribution < 1.29 is 33.3 Å². The van der Waals surface area contributed by atoms with Crippen LogP contribution in [0.1, 0.15) is 65.3 Å². The van der Waals surface area contributed by atoms with Gasteiger partial charge in [0.15, 0.2) is 12.2 Å². The fourth-order valence-corrected chi connectivity index (χ4v) is 0.913. The van der Waals surface area contributed by atoms with Crippen molar-refractivity contribution in [2.45, 2.75) is 77.5 Å². The summed E-state index contributed by atoms with van der Waals surface area (Å²) < 4.78 is 18.8. The average Bonchev–Trinajstić information content (AvgIpc) is 2.31. The first kappa shape index (κ1) is 43.2. The lowest BCUT2D eigenvalue weighted by Gasteiger charge is -2.12. The van der Waals surface area contributed by atoms with Crippen molar-refractivity contribution in [3.63, 3.8) is 0 Å². The van der Waals surface area contributed by atoms with E-state index in [2.05, 4.69) is 4.74 Å². The molecule has 0 aliphatic rings. The normalized spacial score (nSPS) is 10.0. The molecule has 0 bridgehead atoms. The molecule has 0 aromatic carbocycles. The minimum absolute atomic E-state index is 0. The van der Waals surface area contributed by atoms with Crippen molar-refractivity contribution in [3.05, 3.63) is 0 Å². The summed E-state index contributed by atoms with van der Waals surface area (Å²) >= 11 is 0. The van der Waals surface area contributed by atoms with Gasteiger partial charge in [-0.15, -0.1) is 0 Å². The molecular weight excluding hydrogens is 316 g/mol. The molecule has 0 N–H and O–H groups in total. The van der Waals surface area contributed by atoms with Crippen LogP contribution in [0.2, 0.25) is 0 Å². The molecule has 2 unspecified atom stereocenters. The van der Waals surface area contributed by atoms with Gasteiger partial charge in [-0.3, -0.25) is 4.79 Å². The molecular formula is C17H42O7. The minimum atomic E-state index is -0.976. The van der Waals surface area contributed by atoms with Gasteiger partial charge in [-0.05, 0) is 13.8 Å². The maximum atomic E-state index is 11.2. The second-order valence-corrected chi connectivity index (χ2v) is 3.46. The van der Waals surface area contributed by atoms with Crippen LogP contribution in [0.3, 0.4) is 0 Å². The van der Waals surface area contributed by atoms with Crippen molar-refractivity contribution >= 4 is 17.9 Å². The molecule has 0 saturated carbocycles. The first-order chi connectivity index (χ1) is 8.38. The summed E-state index contributed by atoms with van der Waals surface area (Å²) in [6.07, 6.45) is -1.64. The molecule has 0 radical (unpaired) electrons. The third kappa shape index (κ3) is 20.4. The van der Waals surface area contributed by atoms with Gasteiger partial charge in [-0.25, -0.2) is 9.59 Å². The number of rotatable bonds is 7. The number of esters is 3. The van der Waals surface area contributed by atoms with Crippen LogP contribution >= 0.6 is 0 Å². The predicted molar refractivity (Wildman–Crippen MR) is 100 cm³/mol. The van der Waals surface area contributed by atoms with E-state index in [1.165, 1.54) is 27.9 Å². The molecule has 0 aliphatic heterocycles. The van der Waals surface area contributed by atoms with E-state index in [0.29, 0.717) is 0 Å². The monoisotopic (exact) mass is 358 g/mol. The third-order valence-electron chi connectivity index (χ3n) is 1.93. The van der Waals surface area contributed by atoms with Crippen LogP contribution in [0.4, 0.5) is 0 Å². The third-order valence-corrected chi connectivity index (χ3v) is 1.93. The molecule has 0 aliphatic carbocycles. The molecule has 0 saturated heterocycles. The SMILES string of the molecule is C.C.C.C.C.C.COC(C)C(=O)OCCOC(=O)C(C)OC(C)=O. The summed E-state index contributed by atoms with van der Waals surface area (Å²) in [5.41, 5.74) is 0. The van der Waals surface area contributed by atoms with Crippen molar-refractivity contribution in [1.29, 1.82) is 0 Å². The fourth-order valence-electron chi connectivity index (χ4n) is 0.913. The maximum absolute atomic E-state index is 11.2. The number of carbonyl (C=O) groups is 3. The van der Waals surface area contributed by atoms with Gasteiger partial charge in [0.05, 0.1) is 0 Å². The second-order valence-electron chi connectivity index (χ2n) is 3.46. The highest BCUT2D eigenvalue weighted by Crippen LogP contribution is 1.96. The highest BCUT2D eigenvalue weighted by molar-refractivity contribution is 5.78. The highest BCUT2D eigenvalue weighted by Gasteiger charge is 2.18. The fraction of sp³-hybridized carbons (Fsp3) is 0.824. The number of ether oxygens (including phenoxy) is 4. The van der Waals surface area contributed by atoms with Crippen molar-refractivity contribution in [2.24, 2.45) is 0 Å². The molecule has 2 atom stereocenters. The Labute approximate surface area is 150 Å². The summed E-state index contributed by atoms with van der Waals surface area (Å²) in [7, 11) is 1.38. The molecule has 0 fully saturated rings. The zero-order valence-electron chi connectivity index (χ0n) is 10.9. The molecule has 7 heteroatoms. The zero-order chi connectivity index (χ0) is 14.1. The Kier molecular flexibility index (Phi) is 42.6. The van der Waals surface area contributed by atoms with E-state index >= 15 is 0 Å². The Morgan fingerprint density at radius 1 is 0.750 bits per heavy atom. The van der Waals surface area contributed by atoms with Crippen LogP contribution in [0, 0.1) is 0 Å². The Morgan fingerprint density at radius 3 is 1.38 bits per heavy atom. The van der Waals surface area contributed by atoms with Gasteiger partial charge < -0.3 is 18.9 Å². The Hall–Kier alpha value is -1.63. The molecule has 0 spiro atoms. The Bertz CT molecular complexity index is 303. The van der Waals surface area contributed by atoms with E-state index in [1.807, 2.05) is 0 Å². The smallest absolute Gasteiger partial charge is 0.347 e. The van der Waals surface area contributed by atoms with Crippen LogP contribution in [-0.2, 0) is 33.3 Å². The summed E-state index contributed by atoms with van der Waals surface area (Å²) in [6.45, 7) is 3.94. The van der Waals surface area contributed by atoms with Crippen molar-refractivity contribution in [1.82, 2.24) is 0 Å². The maximum Gasteiger partial charge on any atom is 0.347 e. The average molecular weight is 359 g/mol. The van der Waals surface area contributed by atoms with Gasteiger partial charge in [0.25, 0.3) is 0 Å². The lowest BCUT2D eigenvalue weighted by atomic mass is 10.4. The first-order valence-corrected chi connectivity index (χ1v) is 5.41. The number of carbonyl (C=O) groups excluding carboxylic acids is 3. The molecule has 0 heterocycles. The lowest BCUT2D eigenvalue weighted by Crippen LogP contribution is -2.28. The molecule has 0 amide bonds. The highest BCUT2D eigenvalue weighted by atomic mass is 16.6. The minimum Gasteiger partial charge on any atom is -0.460 e. The van der Waals surface area contributed by atoms with Crippen LogP contribution in [0.25, 0.3) is 0 Å². The summed E-state index contributed by atoms with van der Waals surface area (Å²) in [5, 5.41) is 0. The van der Waals surface area contributed by atoms with Gasteiger partial charge in [0.1, 0.15) is 13.2 Å². The molecule has 0 rings (SSSR count). The number of hydrogen-bond acceptors (Lipinski definition) is 7. The van der Waals surface area contributed by atoms with Crippen molar-refractivity contribution in [3.8, 4) is 0 Å². The Balaban J connectivity index is -0.0000000963. The molecule has 152 valence electrons. The van der Waals surface area contributed by atoms with E-state index in [-0.39, 0.29) is 57.8 Å². The van der Waals surface area contributed by atoms with E-state index < -0.39 is 30.1 Å². The zero-order valence-corrected chi connectivity index (χ0v) is 10.9. The van der Waals surface area contributed by atoms with Crippen LogP contribution < -0.4 is 0 Å². The van der Waals surface area contributed by atoms with E-state index in [9.17, 15) is 14.4 Å². The molecule has 0 aromatic rings. The van der Waals surface area contributed by atoms with Crippen LogP contribution in [0.5, 0.6) is 0 Å². The number of hydrogen-bond donors (Lipinski definition) is 0. The van der Waals surface area contributed by atoms with Gasteiger partial charge in [-0.2, -0.15) is 0 Å². The quantitative estimate of drug-likeness (QED) is 0.387. The van der Waals surface area contributed by atoms with Gasteiger partial charge >= 0.3 is 17.9 Å². The van der Waals surface area contributed by atoms with Crippen LogP contribution in [-0.4, -0.2) is 50.4 Å². The number of methoxy groups -OCH3 is 1. The molecule has 0 aromatic heterocycles. The summed E-state index contributed by atoms with van der Waals surface area (Å²) in [5.74, 6) is -1.80. The standard InChI is InChI=1S/C11H18O7.6CH4/c1-7(15-4)10(13)16-5-6-17-11(14)8(2)18-9(3)12;;;;;;/h7-8H,5-6H2,1-4H3;6*1H4. The van der Waals surface area contributed by atoms with Crippen molar-refractivity contribution in [2.75, 3.05) is 20.3 Å². The molecule has 7 nitrogen and oxygen atoms in total. The molecule has 24 heavy (non-hydrogen) atoms. The second kappa shape index (κ2) is 23.6. The summed E-state index contributed by atoms with van der Waals surface area (Å²) in [4.78, 5) is 33.0. The Morgan fingerprint density at radius 2 is 1.08 bits per heavy atom. The lowest BCUT2D eigenvalue weighted by molar-refractivity contribution is -0.168.